The molecule has 0 saturated carbocycles. The van der Waals surface area contributed by atoms with Gasteiger partial charge < -0.3 is 5.32 Å². The normalized spacial score (nSPS) is 10.8. The third-order valence-corrected chi connectivity index (χ3v) is 3.37. The van der Waals surface area contributed by atoms with E-state index >= 15 is 0 Å². The van der Waals surface area contributed by atoms with E-state index in [1.54, 1.807) is 22.7 Å². The SMILES string of the molecule is Cc1ccn2c(C(=O)Nc3cc(Cl)ccn3)c(C)nc2c1. The molecule has 3 aromatic heterocycles. The van der Waals surface area contributed by atoms with Crippen LogP contribution in [-0.4, -0.2) is 20.3 Å². The minimum atomic E-state index is -0.265. The van der Waals surface area contributed by atoms with Crippen LogP contribution in [0.5, 0.6) is 0 Å². The molecule has 0 spiro atoms. The van der Waals surface area contributed by atoms with Gasteiger partial charge in [-0.3, -0.25) is 9.20 Å². The minimum Gasteiger partial charge on any atom is -0.305 e. The van der Waals surface area contributed by atoms with Gasteiger partial charge in [-0.2, -0.15) is 0 Å². The van der Waals surface area contributed by atoms with Crippen LogP contribution >= 0.6 is 11.6 Å². The highest BCUT2D eigenvalue weighted by molar-refractivity contribution is 6.30. The number of hydrogen-bond donors (Lipinski definition) is 1. The predicted molar refractivity (Wildman–Crippen MR) is 81.9 cm³/mol. The van der Waals surface area contributed by atoms with Gasteiger partial charge in [0.25, 0.3) is 5.91 Å². The van der Waals surface area contributed by atoms with Crippen LogP contribution in [0, 0.1) is 13.8 Å². The van der Waals surface area contributed by atoms with E-state index in [4.69, 9.17) is 11.6 Å². The summed E-state index contributed by atoms with van der Waals surface area (Å²) in [5, 5.41) is 3.26. The molecule has 0 aromatic carbocycles. The molecule has 3 rings (SSSR count). The molecule has 6 heteroatoms. The molecule has 21 heavy (non-hydrogen) atoms. The van der Waals surface area contributed by atoms with E-state index in [1.165, 1.54) is 0 Å². The lowest BCUT2D eigenvalue weighted by molar-refractivity contribution is 0.102. The molecule has 0 aliphatic rings. The molecule has 5 nitrogen and oxygen atoms in total. The number of carbonyl (C=O) groups is 1. The number of amides is 1. The van der Waals surface area contributed by atoms with Crippen LogP contribution in [0.2, 0.25) is 5.02 Å². The Labute approximate surface area is 126 Å². The Kier molecular flexibility index (Phi) is 3.35. The molecule has 0 radical (unpaired) electrons. The molecule has 1 amide bonds. The first-order valence-electron chi connectivity index (χ1n) is 6.43. The van der Waals surface area contributed by atoms with Crippen LogP contribution in [0.1, 0.15) is 21.7 Å². The second-order valence-electron chi connectivity index (χ2n) is 4.79. The average molecular weight is 301 g/mol. The molecule has 1 N–H and O–H groups in total. The quantitative estimate of drug-likeness (QED) is 0.790. The molecule has 3 heterocycles. The topological polar surface area (TPSA) is 59.3 Å². The molecular weight excluding hydrogens is 288 g/mol. The van der Waals surface area contributed by atoms with Crippen molar-refractivity contribution in [1.29, 1.82) is 0 Å². The number of aromatic nitrogens is 3. The molecule has 0 aliphatic heterocycles. The van der Waals surface area contributed by atoms with Gasteiger partial charge >= 0.3 is 0 Å². The van der Waals surface area contributed by atoms with Crippen LogP contribution in [0.4, 0.5) is 5.82 Å². The second-order valence-corrected chi connectivity index (χ2v) is 5.23. The van der Waals surface area contributed by atoms with Crippen LogP contribution < -0.4 is 5.32 Å². The van der Waals surface area contributed by atoms with Crippen LogP contribution in [0.3, 0.4) is 0 Å². The summed E-state index contributed by atoms with van der Waals surface area (Å²) < 4.78 is 1.77. The van der Waals surface area contributed by atoms with Gasteiger partial charge in [-0.05, 0) is 43.7 Å². The number of pyridine rings is 2. The zero-order valence-electron chi connectivity index (χ0n) is 11.6. The fourth-order valence-corrected chi connectivity index (χ4v) is 2.35. The van der Waals surface area contributed by atoms with Gasteiger partial charge in [-0.1, -0.05) is 11.6 Å². The average Bonchev–Trinajstić information content (AvgIpc) is 2.73. The largest absolute Gasteiger partial charge is 0.305 e. The van der Waals surface area contributed by atoms with E-state index in [2.05, 4.69) is 15.3 Å². The first-order valence-corrected chi connectivity index (χ1v) is 6.80. The van der Waals surface area contributed by atoms with E-state index in [9.17, 15) is 4.79 Å². The van der Waals surface area contributed by atoms with Gasteiger partial charge in [-0.15, -0.1) is 0 Å². The lowest BCUT2D eigenvalue weighted by Crippen LogP contribution is -2.16. The molecule has 0 fully saturated rings. The number of halogens is 1. The Bertz CT molecular complexity index is 841. The summed E-state index contributed by atoms with van der Waals surface area (Å²) in [5.74, 6) is 0.146. The van der Waals surface area contributed by atoms with Crippen molar-refractivity contribution >= 4 is 29.0 Å². The third-order valence-electron chi connectivity index (χ3n) is 3.13. The monoisotopic (exact) mass is 300 g/mol. The Hall–Kier alpha value is -2.40. The number of hydrogen-bond acceptors (Lipinski definition) is 3. The summed E-state index contributed by atoms with van der Waals surface area (Å²) in [5.41, 5.74) is 3.00. The summed E-state index contributed by atoms with van der Waals surface area (Å²) in [4.78, 5) is 20.9. The van der Waals surface area contributed by atoms with Crippen LogP contribution in [-0.2, 0) is 0 Å². The van der Waals surface area contributed by atoms with Gasteiger partial charge in [0.2, 0.25) is 0 Å². The molecule has 0 bridgehead atoms. The highest BCUT2D eigenvalue weighted by Crippen LogP contribution is 2.16. The molecule has 0 unspecified atom stereocenters. The Morgan fingerprint density at radius 3 is 2.86 bits per heavy atom. The first-order chi connectivity index (χ1) is 10.0. The Morgan fingerprint density at radius 1 is 1.29 bits per heavy atom. The summed E-state index contributed by atoms with van der Waals surface area (Å²) >= 11 is 5.89. The maximum atomic E-state index is 12.5. The number of nitrogens with one attached hydrogen (secondary N) is 1. The zero-order chi connectivity index (χ0) is 15.0. The van der Waals surface area contributed by atoms with Crippen molar-refractivity contribution in [3.8, 4) is 0 Å². The lowest BCUT2D eigenvalue weighted by atomic mass is 10.3. The maximum Gasteiger partial charge on any atom is 0.275 e. The van der Waals surface area contributed by atoms with Gasteiger partial charge in [-0.25, -0.2) is 9.97 Å². The van der Waals surface area contributed by atoms with Crippen molar-refractivity contribution in [3.05, 3.63) is 58.6 Å². The summed E-state index contributed by atoms with van der Waals surface area (Å²) in [6.07, 6.45) is 3.38. The smallest absolute Gasteiger partial charge is 0.275 e. The molecule has 0 aliphatic carbocycles. The molecule has 0 atom stereocenters. The van der Waals surface area contributed by atoms with E-state index in [0.29, 0.717) is 22.2 Å². The van der Waals surface area contributed by atoms with Crippen molar-refractivity contribution in [3.63, 3.8) is 0 Å². The van der Waals surface area contributed by atoms with Crippen molar-refractivity contribution < 1.29 is 4.79 Å². The lowest BCUT2D eigenvalue weighted by Gasteiger charge is -2.05. The zero-order valence-corrected chi connectivity index (χ0v) is 12.3. The number of nitrogens with zero attached hydrogens (tertiary/aromatic N) is 3. The highest BCUT2D eigenvalue weighted by Gasteiger charge is 2.17. The van der Waals surface area contributed by atoms with Gasteiger partial charge in [0.05, 0.1) is 5.69 Å². The Morgan fingerprint density at radius 2 is 2.10 bits per heavy atom. The molecule has 106 valence electrons. The van der Waals surface area contributed by atoms with Crippen LogP contribution in [0.15, 0.2) is 36.7 Å². The minimum absolute atomic E-state index is 0.265. The molecule has 3 aromatic rings. The third kappa shape index (κ3) is 2.60. The Balaban J connectivity index is 2.00. The highest BCUT2D eigenvalue weighted by atomic mass is 35.5. The fraction of sp³-hybridized carbons (Fsp3) is 0.133. The van der Waals surface area contributed by atoms with E-state index in [1.807, 2.05) is 32.2 Å². The maximum absolute atomic E-state index is 12.5. The second kappa shape index (κ2) is 5.18. The van der Waals surface area contributed by atoms with Crippen molar-refractivity contribution in [1.82, 2.24) is 14.4 Å². The molecular formula is C15H13ClN4O. The number of fused-ring (bicyclic) bond motifs is 1. The summed E-state index contributed by atoms with van der Waals surface area (Å²) in [6.45, 7) is 3.79. The van der Waals surface area contributed by atoms with Gasteiger partial charge in [0.1, 0.15) is 17.2 Å². The van der Waals surface area contributed by atoms with E-state index in [-0.39, 0.29) is 5.91 Å². The van der Waals surface area contributed by atoms with Crippen molar-refractivity contribution in [2.75, 3.05) is 5.32 Å². The molecule has 0 saturated heterocycles. The van der Waals surface area contributed by atoms with Gasteiger partial charge in [0, 0.05) is 17.4 Å². The van der Waals surface area contributed by atoms with E-state index in [0.717, 1.165) is 11.2 Å². The standard InChI is InChI=1S/C15H13ClN4O/c1-9-4-6-20-13(7-9)18-10(2)14(20)15(21)19-12-8-11(16)3-5-17-12/h3-8H,1-2H3,(H,17,19,21). The number of aryl methyl sites for hydroxylation is 2. The van der Waals surface area contributed by atoms with E-state index < -0.39 is 0 Å². The number of imidazole rings is 1. The fourth-order valence-electron chi connectivity index (χ4n) is 2.19. The van der Waals surface area contributed by atoms with Gasteiger partial charge in [0.15, 0.2) is 0 Å². The first kappa shape index (κ1) is 13.6. The number of anilines is 1. The summed E-state index contributed by atoms with van der Waals surface area (Å²) in [6, 6.07) is 7.12. The predicted octanol–water partition coefficient (Wildman–Crippen LogP) is 3.25. The summed E-state index contributed by atoms with van der Waals surface area (Å²) in [7, 11) is 0. The number of rotatable bonds is 2. The van der Waals surface area contributed by atoms with Crippen molar-refractivity contribution in [2.45, 2.75) is 13.8 Å². The van der Waals surface area contributed by atoms with Crippen LogP contribution in [0.25, 0.3) is 5.65 Å². The number of carbonyl (C=O) groups excluding carboxylic acids is 1. The van der Waals surface area contributed by atoms with Crippen molar-refractivity contribution in [2.24, 2.45) is 0 Å².